The third kappa shape index (κ3) is 4.69. The van der Waals surface area contributed by atoms with E-state index < -0.39 is 11.7 Å². The number of imidazole rings is 1. The third-order valence-corrected chi connectivity index (χ3v) is 5.47. The van der Waals surface area contributed by atoms with E-state index in [9.17, 15) is 18.3 Å². The van der Waals surface area contributed by atoms with Crippen molar-refractivity contribution in [3.63, 3.8) is 0 Å². The molecule has 1 aliphatic heterocycles. The maximum atomic E-state index is 13.1. The number of aliphatic hydroxyl groups is 2. The van der Waals surface area contributed by atoms with Crippen LogP contribution in [0.4, 0.5) is 30.6 Å². The van der Waals surface area contributed by atoms with Crippen molar-refractivity contribution in [2.45, 2.75) is 25.7 Å². The predicted molar refractivity (Wildman–Crippen MR) is 118 cm³/mol. The first-order valence-corrected chi connectivity index (χ1v) is 10.1. The minimum atomic E-state index is -4.48. The number of nitrogens with zero attached hydrogens (tertiary/aromatic N) is 4. The van der Waals surface area contributed by atoms with Crippen molar-refractivity contribution in [1.82, 2.24) is 15.0 Å². The molecule has 0 unspecified atom stereocenters. The van der Waals surface area contributed by atoms with Gasteiger partial charge in [-0.2, -0.15) is 13.2 Å². The molecule has 2 aromatic heterocycles. The van der Waals surface area contributed by atoms with E-state index in [4.69, 9.17) is 22.4 Å². The van der Waals surface area contributed by atoms with Gasteiger partial charge in [0.1, 0.15) is 11.3 Å². The van der Waals surface area contributed by atoms with E-state index >= 15 is 0 Å². The van der Waals surface area contributed by atoms with Crippen LogP contribution >= 0.6 is 11.6 Å². The lowest BCUT2D eigenvalue weighted by Crippen LogP contribution is -2.52. The Morgan fingerprint density at radius 3 is 2.56 bits per heavy atom. The number of aromatic amines is 1. The summed E-state index contributed by atoms with van der Waals surface area (Å²) in [4.78, 5) is 15.8. The topological polar surface area (TPSA) is 115 Å². The van der Waals surface area contributed by atoms with E-state index in [1.54, 1.807) is 12.3 Å². The smallest absolute Gasteiger partial charge is 0.400 e. The summed E-state index contributed by atoms with van der Waals surface area (Å²) in [7, 11) is 1.00. The first-order valence-electron chi connectivity index (χ1n) is 9.75. The van der Waals surface area contributed by atoms with Crippen LogP contribution in [0.5, 0.6) is 0 Å². The molecule has 0 saturated carbocycles. The molecule has 1 saturated heterocycles. The second kappa shape index (κ2) is 9.39. The number of benzene rings is 1. The second-order valence-electron chi connectivity index (χ2n) is 7.32. The highest BCUT2D eigenvalue weighted by molar-refractivity contribution is 6.33. The normalized spacial score (nSPS) is 16.8. The second-order valence-corrected chi connectivity index (χ2v) is 7.72. The SMILES string of the molecule is CO.C[C@@H]1CN(c2ncc(CO)cc2Cl)CCN1c1nc2c(N)cc(C(F)(F)F)cc2[nH]1. The number of rotatable bonds is 3. The maximum absolute atomic E-state index is 13.1. The van der Waals surface area contributed by atoms with Gasteiger partial charge in [-0.1, -0.05) is 11.6 Å². The summed E-state index contributed by atoms with van der Waals surface area (Å²) in [6.07, 6.45) is -2.90. The van der Waals surface area contributed by atoms with Gasteiger partial charge in [-0.15, -0.1) is 0 Å². The van der Waals surface area contributed by atoms with E-state index in [0.29, 0.717) is 47.5 Å². The molecule has 1 atom stereocenters. The van der Waals surface area contributed by atoms with Crippen molar-refractivity contribution in [2.75, 3.05) is 42.3 Å². The van der Waals surface area contributed by atoms with Crippen molar-refractivity contribution in [3.05, 3.63) is 40.5 Å². The Hall–Kier alpha value is -2.76. The number of alkyl halides is 3. The van der Waals surface area contributed by atoms with Gasteiger partial charge < -0.3 is 30.7 Å². The first kappa shape index (κ1) is 23.9. The predicted octanol–water partition coefficient (Wildman–Crippen LogP) is 3.03. The molecule has 3 aromatic rings. The number of aromatic nitrogens is 3. The summed E-state index contributed by atoms with van der Waals surface area (Å²) in [5.41, 5.74) is 6.18. The Morgan fingerprint density at radius 1 is 1.25 bits per heavy atom. The number of aliphatic hydroxyl groups excluding tert-OH is 2. The fourth-order valence-electron chi connectivity index (χ4n) is 3.69. The number of H-pyrrole nitrogens is 1. The van der Waals surface area contributed by atoms with Crippen molar-refractivity contribution < 1.29 is 23.4 Å². The molecule has 0 spiro atoms. The monoisotopic (exact) mass is 472 g/mol. The van der Waals surface area contributed by atoms with Crippen LogP contribution in [0.1, 0.15) is 18.1 Å². The highest BCUT2D eigenvalue weighted by Crippen LogP contribution is 2.35. The molecule has 1 aromatic carbocycles. The largest absolute Gasteiger partial charge is 0.416 e. The summed E-state index contributed by atoms with van der Waals surface area (Å²) in [6, 6.07) is 3.59. The molecule has 0 radical (unpaired) electrons. The molecule has 12 heteroatoms. The van der Waals surface area contributed by atoms with E-state index in [2.05, 4.69) is 15.0 Å². The van der Waals surface area contributed by atoms with Crippen LogP contribution in [0.3, 0.4) is 0 Å². The number of halogens is 4. The Labute approximate surface area is 187 Å². The third-order valence-electron chi connectivity index (χ3n) is 5.19. The number of nitrogen functional groups attached to an aromatic ring is 1. The van der Waals surface area contributed by atoms with E-state index in [0.717, 1.165) is 19.2 Å². The van der Waals surface area contributed by atoms with Gasteiger partial charge in [-0.05, 0) is 30.7 Å². The van der Waals surface area contributed by atoms with E-state index in [-0.39, 0.29) is 23.9 Å². The fourth-order valence-corrected chi connectivity index (χ4v) is 3.99. The van der Waals surface area contributed by atoms with Gasteiger partial charge in [0, 0.05) is 39.0 Å². The molecule has 1 aliphatic rings. The van der Waals surface area contributed by atoms with Gasteiger partial charge in [-0.3, -0.25) is 0 Å². The number of nitrogens with two attached hydrogens (primary N) is 1. The van der Waals surface area contributed by atoms with Crippen LogP contribution in [0.15, 0.2) is 24.4 Å². The van der Waals surface area contributed by atoms with Gasteiger partial charge in [0.15, 0.2) is 0 Å². The van der Waals surface area contributed by atoms with Gasteiger partial charge in [0.05, 0.1) is 28.4 Å². The van der Waals surface area contributed by atoms with Crippen LogP contribution in [0.25, 0.3) is 11.0 Å². The molecule has 1 fully saturated rings. The summed E-state index contributed by atoms with van der Waals surface area (Å²) in [5.74, 6) is 1.10. The molecule has 4 rings (SSSR count). The minimum absolute atomic E-state index is 0.0157. The average Bonchev–Trinajstić information content (AvgIpc) is 3.19. The summed E-state index contributed by atoms with van der Waals surface area (Å²) in [5, 5.41) is 16.7. The highest BCUT2D eigenvalue weighted by Gasteiger charge is 2.32. The van der Waals surface area contributed by atoms with Crippen LogP contribution < -0.4 is 15.5 Å². The van der Waals surface area contributed by atoms with Gasteiger partial charge in [-0.25, -0.2) is 9.97 Å². The molecular weight excluding hydrogens is 449 g/mol. The van der Waals surface area contributed by atoms with Crippen LogP contribution in [0.2, 0.25) is 5.02 Å². The Kier molecular flexibility index (Phi) is 7.01. The molecule has 174 valence electrons. The van der Waals surface area contributed by atoms with Crippen LogP contribution in [0, 0.1) is 0 Å². The van der Waals surface area contributed by atoms with E-state index in [1.165, 1.54) is 0 Å². The van der Waals surface area contributed by atoms with Crippen molar-refractivity contribution in [2.24, 2.45) is 0 Å². The lowest BCUT2D eigenvalue weighted by atomic mass is 10.1. The molecule has 0 bridgehead atoms. The molecular formula is C20H24ClF3N6O2. The molecule has 3 heterocycles. The lowest BCUT2D eigenvalue weighted by Gasteiger charge is -2.40. The van der Waals surface area contributed by atoms with E-state index in [1.807, 2.05) is 16.7 Å². The van der Waals surface area contributed by atoms with Gasteiger partial charge in [0.2, 0.25) is 5.95 Å². The van der Waals surface area contributed by atoms with Gasteiger partial charge in [0.25, 0.3) is 0 Å². The van der Waals surface area contributed by atoms with Crippen LogP contribution in [-0.4, -0.2) is 58.0 Å². The molecule has 0 amide bonds. The number of anilines is 3. The van der Waals surface area contributed by atoms with Crippen LogP contribution in [-0.2, 0) is 12.8 Å². The maximum Gasteiger partial charge on any atom is 0.416 e. The fraction of sp³-hybridized carbons (Fsp3) is 0.400. The zero-order valence-electron chi connectivity index (χ0n) is 17.5. The first-order chi connectivity index (χ1) is 15.2. The summed E-state index contributed by atoms with van der Waals surface area (Å²) >= 11 is 6.31. The molecule has 5 N–H and O–H groups in total. The average molecular weight is 473 g/mol. The lowest BCUT2D eigenvalue weighted by molar-refractivity contribution is -0.137. The molecule has 0 aliphatic carbocycles. The van der Waals surface area contributed by atoms with Crippen molar-refractivity contribution in [3.8, 4) is 0 Å². The molecule has 8 nitrogen and oxygen atoms in total. The standard InChI is InChI=1S/C19H20ClF3N6O.CH4O/c1-10-8-28(17-13(20)4-11(9-30)7-25-17)2-3-29(10)18-26-15-6-12(19(21,22)23)5-14(24)16(15)27-18;1-2/h4-7,10,30H,2-3,8-9,24H2,1H3,(H,26,27);2H,1H3/t10-;/m1./s1. The number of nitrogens with one attached hydrogen (secondary N) is 1. The number of hydrogen-bond donors (Lipinski definition) is 4. The number of piperazine rings is 1. The number of hydrogen-bond acceptors (Lipinski definition) is 7. The number of pyridine rings is 1. The Bertz CT molecular complexity index is 1090. The van der Waals surface area contributed by atoms with Crippen molar-refractivity contribution >= 4 is 40.1 Å². The summed E-state index contributed by atoms with van der Waals surface area (Å²) < 4.78 is 39.2. The number of fused-ring (bicyclic) bond motifs is 1. The Morgan fingerprint density at radius 2 is 1.97 bits per heavy atom. The zero-order valence-corrected chi connectivity index (χ0v) is 18.2. The highest BCUT2D eigenvalue weighted by atomic mass is 35.5. The quantitative estimate of drug-likeness (QED) is 0.433. The van der Waals surface area contributed by atoms with Gasteiger partial charge >= 0.3 is 6.18 Å². The van der Waals surface area contributed by atoms with Crippen molar-refractivity contribution in [1.29, 1.82) is 0 Å². The zero-order chi connectivity index (χ0) is 23.6. The minimum Gasteiger partial charge on any atom is -0.400 e. The summed E-state index contributed by atoms with van der Waals surface area (Å²) in [6.45, 7) is 3.59. The Balaban J connectivity index is 0.00000141. The molecule has 32 heavy (non-hydrogen) atoms.